The van der Waals surface area contributed by atoms with Gasteiger partial charge < -0.3 is 5.11 Å². The highest BCUT2D eigenvalue weighted by molar-refractivity contribution is 6.06. The van der Waals surface area contributed by atoms with Gasteiger partial charge in [0.1, 0.15) is 12.0 Å². The second-order valence-electron chi connectivity index (χ2n) is 5.36. The van der Waals surface area contributed by atoms with E-state index in [0.717, 1.165) is 11.6 Å². The van der Waals surface area contributed by atoms with Crippen LogP contribution in [0.4, 0.5) is 0 Å². The molecule has 25 heavy (non-hydrogen) atoms. The van der Waals surface area contributed by atoms with E-state index in [1.54, 1.807) is 18.2 Å². The number of carbonyl (C=O) groups is 2. The number of nitrogens with zero attached hydrogens (tertiary/aromatic N) is 4. The minimum atomic E-state index is -0.410. The molecule has 0 amide bonds. The second-order valence-corrected chi connectivity index (χ2v) is 5.36. The van der Waals surface area contributed by atoms with E-state index in [1.165, 1.54) is 24.1 Å². The van der Waals surface area contributed by atoms with Crippen LogP contribution in [0, 0.1) is 0 Å². The predicted molar refractivity (Wildman–Crippen MR) is 89.1 cm³/mol. The number of aromatic amines is 1. The number of aromatic nitrogens is 5. The lowest BCUT2D eigenvalue weighted by Crippen LogP contribution is -2.10. The van der Waals surface area contributed by atoms with E-state index in [1.807, 2.05) is 12.1 Å². The zero-order valence-electron chi connectivity index (χ0n) is 13.4. The molecule has 1 aromatic carbocycles. The molecule has 2 N–H and O–H groups in total. The molecule has 0 atom stereocenters. The Balaban J connectivity index is 1.79. The normalized spacial score (nSPS) is 11.5. The summed E-state index contributed by atoms with van der Waals surface area (Å²) in [7, 11) is 0. The number of carbonyl (C=O) groups excluding carboxylic acids is 2. The van der Waals surface area contributed by atoms with Crippen molar-refractivity contribution >= 4 is 17.3 Å². The van der Waals surface area contributed by atoms with Crippen molar-refractivity contribution in [2.24, 2.45) is 0 Å². The van der Waals surface area contributed by atoms with E-state index in [-0.39, 0.29) is 17.4 Å². The molecular weight excluding hydrogens is 322 g/mol. The average Bonchev–Trinajstić information content (AvgIpc) is 3.27. The Morgan fingerprint density at radius 2 is 2.00 bits per heavy atom. The van der Waals surface area contributed by atoms with Crippen LogP contribution in [0.1, 0.15) is 39.2 Å². The van der Waals surface area contributed by atoms with E-state index in [2.05, 4.69) is 20.3 Å². The first-order valence-electron chi connectivity index (χ1n) is 7.47. The number of hydrogen-bond donors (Lipinski definition) is 2. The van der Waals surface area contributed by atoms with Crippen LogP contribution >= 0.6 is 0 Å². The third-order valence-electron chi connectivity index (χ3n) is 3.59. The number of ketones is 2. The van der Waals surface area contributed by atoms with Crippen LogP contribution < -0.4 is 0 Å². The predicted octanol–water partition coefficient (Wildman–Crippen LogP) is 2.03. The maximum absolute atomic E-state index is 12.4. The Hall–Kier alpha value is -3.55. The third kappa shape index (κ3) is 3.69. The Morgan fingerprint density at radius 1 is 1.24 bits per heavy atom. The summed E-state index contributed by atoms with van der Waals surface area (Å²) in [4.78, 5) is 27.5. The van der Waals surface area contributed by atoms with Crippen molar-refractivity contribution in [3.63, 3.8) is 0 Å². The Morgan fingerprint density at radius 3 is 2.64 bits per heavy atom. The van der Waals surface area contributed by atoms with Gasteiger partial charge in [-0.15, -0.1) is 0 Å². The molecule has 0 aliphatic heterocycles. The van der Waals surface area contributed by atoms with Gasteiger partial charge in [-0.05, 0) is 18.6 Å². The van der Waals surface area contributed by atoms with E-state index >= 15 is 0 Å². The largest absolute Gasteiger partial charge is 0.504 e. The molecule has 3 aromatic rings. The summed E-state index contributed by atoms with van der Waals surface area (Å²) in [6.45, 7) is 1.87. The third-order valence-corrected chi connectivity index (χ3v) is 3.59. The summed E-state index contributed by atoms with van der Waals surface area (Å²) in [5.74, 6) is -0.610. The molecule has 8 nitrogen and oxygen atoms in total. The molecule has 0 bridgehead atoms. The molecule has 0 saturated heterocycles. The summed E-state index contributed by atoms with van der Waals surface area (Å²) >= 11 is 0. The molecule has 0 radical (unpaired) electrons. The van der Waals surface area contributed by atoms with Crippen molar-refractivity contribution in [2.45, 2.75) is 13.5 Å². The second kappa shape index (κ2) is 6.91. The zero-order chi connectivity index (χ0) is 17.8. The van der Waals surface area contributed by atoms with Gasteiger partial charge in [-0.25, -0.2) is 4.98 Å². The number of aliphatic hydroxyl groups excluding tert-OH is 1. The van der Waals surface area contributed by atoms with E-state index in [0.29, 0.717) is 17.8 Å². The van der Waals surface area contributed by atoms with E-state index < -0.39 is 5.78 Å². The quantitative estimate of drug-likeness (QED) is 0.404. The van der Waals surface area contributed by atoms with Gasteiger partial charge in [0.25, 0.3) is 0 Å². The van der Waals surface area contributed by atoms with Gasteiger partial charge in [0.15, 0.2) is 17.4 Å². The fourth-order valence-corrected chi connectivity index (χ4v) is 2.28. The molecule has 126 valence electrons. The summed E-state index contributed by atoms with van der Waals surface area (Å²) in [6, 6.07) is 8.66. The average molecular weight is 337 g/mol. The monoisotopic (exact) mass is 337 g/mol. The number of aliphatic hydroxyl groups is 1. The van der Waals surface area contributed by atoms with Crippen molar-refractivity contribution in [2.75, 3.05) is 0 Å². The van der Waals surface area contributed by atoms with Crippen LogP contribution in [0.25, 0.3) is 5.76 Å². The van der Waals surface area contributed by atoms with E-state index in [9.17, 15) is 14.7 Å². The van der Waals surface area contributed by atoms with Crippen LogP contribution in [0.2, 0.25) is 0 Å². The fraction of sp³-hybridized carbons (Fsp3) is 0.118. The number of rotatable bonds is 6. The van der Waals surface area contributed by atoms with Gasteiger partial charge in [-0.2, -0.15) is 10.2 Å². The van der Waals surface area contributed by atoms with Crippen molar-refractivity contribution in [3.05, 3.63) is 71.6 Å². The summed E-state index contributed by atoms with van der Waals surface area (Å²) in [6.07, 6.45) is 3.81. The van der Waals surface area contributed by atoms with Crippen molar-refractivity contribution in [1.82, 2.24) is 25.0 Å². The van der Waals surface area contributed by atoms with Crippen LogP contribution in [0.5, 0.6) is 0 Å². The van der Waals surface area contributed by atoms with Crippen molar-refractivity contribution in [1.29, 1.82) is 0 Å². The Kier molecular flexibility index (Phi) is 4.51. The van der Waals surface area contributed by atoms with Gasteiger partial charge in [0, 0.05) is 17.8 Å². The molecule has 0 spiro atoms. The van der Waals surface area contributed by atoms with Crippen LogP contribution in [0.15, 0.2) is 48.9 Å². The van der Waals surface area contributed by atoms with Crippen LogP contribution in [-0.4, -0.2) is 41.6 Å². The van der Waals surface area contributed by atoms with Gasteiger partial charge in [0.2, 0.25) is 5.78 Å². The van der Waals surface area contributed by atoms with Gasteiger partial charge in [-0.1, -0.05) is 24.3 Å². The lowest BCUT2D eigenvalue weighted by molar-refractivity contribution is 0.101. The first-order valence-corrected chi connectivity index (χ1v) is 7.47. The molecule has 0 unspecified atom stereocenters. The summed E-state index contributed by atoms with van der Waals surface area (Å²) in [5.41, 5.74) is 1.84. The number of Topliss-reactive ketones (excluding diaryl/α,β-unsaturated/α-hetero) is 1. The first kappa shape index (κ1) is 16.3. The number of nitrogens with one attached hydrogen (secondary N) is 1. The molecule has 0 aliphatic rings. The molecule has 2 aromatic heterocycles. The molecule has 0 fully saturated rings. The highest BCUT2D eigenvalue weighted by Crippen LogP contribution is 2.11. The minimum absolute atomic E-state index is 0.00506. The zero-order valence-corrected chi connectivity index (χ0v) is 13.4. The molecule has 0 saturated carbocycles. The summed E-state index contributed by atoms with van der Waals surface area (Å²) in [5, 5.41) is 20.1. The summed E-state index contributed by atoms with van der Waals surface area (Å²) < 4.78 is 1.52. The molecule has 0 aliphatic carbocycles. The molecule has 2 heterocycles. The highest BCUT2D eigenvalue weighted by atomic mass is 16.3. The number of H-pyrrole nitrogens is 1. The van der Waals surface area contributed by atoms with Crippen LogP contribution in [0.3, 0.4) is 0 Å². The van der Waals surface area contributed by atoms with E-state index in [4.69, 9.17) is 0 Å². The van der Waals surface area contributed by atoms with Gasteiger partial charge in [-0.3, -0.25) is 19.4 Å². The maximum Gasteiger partial charge on any atom is 0.207 e. The number of hydrogen-bond acceptors (Lipinski definition) is 6. The lowest BCUT2D eigenvalue weighted by atomic mass is 10.1. The topological polar surface area (TPSA) is 114 Å². The fourth-order valence-electron chi connectivity index (χ4n) is 2.28. The van der Waals surface area contributed by atoms with Crippen LogP contribution in [-0.2, 0) is 6.54 Å². The highest BCUT2D eigenvalue weighted by Gasteiger charge is 2.13. The molecular formula is C17H15N5O3. The minimum Gasteiger partial charge on any atom is -0.504 e. The Labute approximate surface area is 142 Å². The number of allylic oxidation sites excluding steroid dienone is 1. The maximum atomic E-state index is 12.4. The van der Waals surface area contributed by atoms with Gasteiger partial charge >= 0.3 is 0 Å². The Bertz CT molecular complexity index is 924. The number of benzene rings is 1. The standard InChI is InChI=1S/C17H15N5O3/c1-11(23)13-4-2-12(3-5-13)9-22-14(6-7-20-22)15(24)8-16(25)17-18-10-19-21-17/h2-8,10,25H,9H2,1H3,(H,18,19,21). The SMILES string of the molecule is CC(=O)c1ccc(Cn2nccc2C(=O)C=C(O)c2ncn[nH]2)cc1. The van der Waals surface area contributed by atoms with Crippen molar-refractivity contribution in [3.8, 4) is 0 Å². The molecule has 3 rings (SSSR count). The van der Waals surface area contributed by atoms with Gasteiger partial charge in [0.05, 0.1) is 6.54 Å². The van der Waals surface area contributed by atoms with Crippen molar-refractivity contribution < 1.29 is 14.7 Å². The lowest BCUT2D eigenvalue weighted by Gasteiger charge is -2.06. The molecule has 8 heteroatoms. The first-order chi connectivity index (χ1) is 12.0. The smallest absolute Gasteiger partial charge is 0.207 e.